The number of piperidine rings is 1. The van der Waals surface area contributed by atoms with E-state index in [1.165, 1.54) is 19.4 Å². The number of hydrogen-bond acceptors (Lipinski definition) is 4. The van der Waals surface area contributed by atoms with E-state index >= 15 is 0 Å². The first kappa shape index (κ1) is 14.3. The number of likely N-dealkylation sites (tertiary alicyclic amines) is 1. The van der Waals surface area contributed by atoms with Crippen LogP contribution >= 0.6 is 0 Å². The molecule has 106 valence electrons. The van der Waals surface area contributed by atoms with Crippen LogP contribution in [0.3, 0.4) is 0 Å². The Hall–Kier alpha value is -0.130. The van der Waals surface area contributed by atoms with Gasteiger partial charge in [-0.05, 0) is 31.2 Å². The Bertz CT molecular complexity index is 378. The average molecular weight is 274 g/mol. The van der Waals surface area contributed by atoms with Gasteiger partial charge in [0.05, 0.1) is 11.5 Å². The van der Waals surface area contributed by atoms with E-state index in [9.17, 15) is 8.42 Å². The average Bonchev–Trinajstić information content (AvgIpc) is 2.57. The molecule has 1 atom stereocenters. The number of hydrogen-bond donors (Lipinski definition) is 1. The minimum atomic E-state index is -2.75. The molecule has 2 heterocycles. The highest BCUT2D eigenvalue weighted by Gasteiger charge is 2.28. The van der Waals surface area contributed by atoms with Gasteiger partial charge in [-0.3, -0.25) is 0 Å². The highest BCUT2D eigenvalue weighted by atomic mass is 32.2. The third-order valence-corrected chi connectivity index (χ3v) is 5.84. The number of nitrogens with zero attached hydrogens (tertiary/aromatic N) is 1. The second kappa shape index (κ2) is 5.47. The molecule has 0 aliphatic carbocycles. The summed E-state index contributed by atoms with van der Waals surface area (Å²) in [6.45, 7) is 8.97. The molecule has 2 saturated heterocycles. The molecule has 0 aromatic heterocycles. The Balaban J connectivity index is 1.67. The maximum Gasteiger partial charge on any atom is 0.151 e. The number of sulfone groups is 1. The summed E-state index contributed by atoms with van der Waals surface area (Å²) in [6.07, 6.45) is 3.39. The standard InChI is InChI=1S/C13H26N2O2S/c1-13(2)5-3-7-15(11-13)8-6-14-12-4-9-18(16,17)10-12/h12,14H,3-11H2,1-2H3. The van der Waals surface area contributed by atoms with Crippen LogP contribution in [0.4, 0.5) is 0 Å². The van der Waals surface area contributed by atoms with E-state index in [0.29, 0.717) is 16.9 Å². The minimum absolute atomic E-state index is 0.188. The summed E-state index contributed by atoms with van der Waals surface area (Å²) < 4.78 is 22.7. The quantitative estimate of drug-likeness (QED) is 0.827. The molecule has 2 fully saturated rings. The normalized spacial score (nSPS) is 31.6. The molecule has 0 bridgehead atoms. The molecular weight excluding hydrogens is 248 g/mol. The molecule has 4 nitrogen and oxygen atoms in total. The lowest BCUT2D eigenvalue weighted by Gasteiger charge is -2.38. The summed E-state index contributed by atoms with van der Waals surface area (Å²) in [5.41, 5.74) is 0.439. The molecule has 18 heavy (non-hydrogen) atoms. The molecule has 0 spiro atoms. The Kier molecular flexibility index (Phi) is 4.34. The Morgan fingerprint density at radius 2 is 2.17 bits per heavy atom. The summed E-state index contributed by atoms with van der Waals surface area (Å²) in [6, 6.07) is 0.188. The van der Waals surface area contributed by atoms with Gasteiger partial charge in [0, 0.05) is 25.7 Å². The van der Waals surface area contributed by atoms with E-state index in [2.05, 4.69) is 24.1 Å². The van der Waals surface area contributed by atoms with Crippen molar-refractivity contribution in [1.82, 2.24) is 10.2 Å². The predicted molar refractivity (Wildman–Crippen MR) is 74.5 cm³/mol. The van der Waals surface area contributed by atoms with Crippen molar-refractivity contribution < 1.29 is 8.42 Å². The highest BCUT2D eigenvalue weighted by molar-refractivity contribution is 7.91. The zero-order chi connectivity index (χ0) is 13.2. The van der Waals surface area contributed by atoms with Crippen LogP contribution < -0.4 is 5.32 Å². The topological polar surface area (TPSA) is 49.4 Å². The monoisotopic (exact) mass is 274 g/mol. The fourth-order valence-electron chi connectivity index (χ4n) is 3.12. The van der Waals surface area contributed by atoms with Gasteiger partial charge in [-0.1, -0.05) is 13.8 Å². The van der Waals surface area contributed by atoms with Gasteiger partial charge in [0.25, 0.3) is 0 Å². The second-order valence-corrected chi connectivity index (χ2v) is 8.83. The molecule has 2 rings (SSSR count). The largest absolute Gasteiger partial charge is 0.312 e. The van der Waals surface area contributed by atoms with E-state index < -0.39 is 9.84 Å². The fourth-order valence-corrected chi connectivity index (χ4v) is 4.83. The molecule has 2 aliphatic heterocycles. The van der Waals surface area contributed by atoms with E-state index in [-0.39, 0.29) is 6.04 Å². The van der Waals surface area contributed by atoms with Crippen molar-refractivity contribution >= 4 is 9.84 Å². The summed E-state index contributed by atoms with van der Waals surface area (Å²) in [5.74, 6) is 0.694. The lowest BCUT2D eigenvalue weighted by atomic mass is 9.84. The lowest BCUT2D eigenvalue weighted by molar-refractivity contribution is 0.118. The summed E-state index contributed by atoms with van der Waals surface area (Å²) in [5, 5.41) is 3.39. The molecule has 1 unspecified atom stereocenters. The van der Waals surface area contributed by atoms with Crippen molar-refractivity contribution in [1.29, 1.82) is 0 Å². The highest BCUT2D eigenvalue weighted by Crippen LogP contribution is 2.27. The maximum atomic E-state index is 11.3. The molecule has 2 aliphatic rings. The van der Waals surface area contributed by atoms with E-state index in [1.807, 2.05) is 0 Å². The SMILES string of the molecule is CC1(C)CCCN(CCNC2CCS(=O)(=O)C2)C1. The summed E-state index contributed by atoms with van der Waals surface area (Å²) in [4.78, 5) is 2.50. The molecule has 0 aromatic carbocycles. The van der Waals surface area contributed by atoms with E-state index in [0.717, 1.165) is 26.1 Å². The van der Waals surface area contributed by atoms with Crippen molar-refractivity contribution in [3.05, 3.63) is 0 Å². The molecule has 0 saturated carbocycles. The smallest absolute Gasteiger partial charge is 0.151 e. The van der Waals surface area contributed by atoms with Gasteiger partial charge in [-0.2, -0.15) is 0 Å². The summed E-state index contributed by atoms with van der Waals surface area (Å²) in [7, 11) is -2.75. The van der Waals surface area contributed by atoms with Crippen molar-refractivity contribution in [3.8, 4) is 0 Å². The zero-order valence-corrected chi connectivity index (χ0v) is 12.4. The van der Waals surface area contributed by atoms with Gasteiger partial charge in [0.15, 0.2) is 9.84 Å². The van der Waals surface area contributed by atoms with Crippen LogP contribution in [0, 0.1) is 5.41 Å². The second-order valence-electron chi connectivity index (χ2n) is 6.60. The molecular formula is C13H26N2O2S. The van der Waals surface area contributed by atoms with Crippen LogP contribution in [0.5, 0.6) is 0 Å². The van der Waals surface area contributed by atoms with Gasteiger partial charge in [-0.25, -0.2) is 8.42 Å². The van der Waals surface area contributed by atoms with Crippen LogP contribution in [-0.2, 0) is 9.84 Å². The minimum Gasteiger partial charge on any atom is -0.312 e. The molecule has 0 amide bonds. The molecule has 0 radical (unpaired) electrons. The first-order valence-corrected chi connectivity index (χ1v) is 8.85. The Morgan fingerprint density at radius 1 is 1.39 bits per heavy atom. The van der Waals surface area contributed by atoms with E-state index in [1.54, 1.807) is 0 Å². The van der Waals surface area contributed by atoms with Crippen LogP contribution in [0.1, 0.15) is 33.1 Å². The van der Waals surface area contributed by atoms with Crippen LogP contribution in [0.2, 0.25) is 0 Å². The zero-order valence-electron chi connectivity index (χ0n) is 11.6. The maximum absolute atomic E-state index is 11.3. The summed E-state index contributed by atoms with van der Waals surface area (Å²) >= 11 is 0. The van der Waals surface area contributed by atoms with Gasteiger partial charge >= 0.3 is 0 Å². The predicted octanol–water partition coefficient (Wildman–Crippen LogP) is 0.885. The molecule has 0 aromatic rings. The van der Waals surface area contributed by atoms with Crippen molar-refractivity contribution in [2.24, 2.45) is 5.41 Å². The van der Waals surface area contributed by atoms with Crippen molar-refractivity contribution in [2.45, 2.75) is 39.2 Å². The van der Waals surface area contributed by atoms with Crippen LogP contribution in [-0.4, -0.2) is 57.0 Å². The molecule has 1 N–H and O–H groups in total. The molecule has 5 heteroatoms. The van der Waals surface area contributed by atoms with Crippen LogP contribution in [0.15, 0.2) is 0 Å². The van der Waals surface area contributed by atoms with Crippen molar-refractivity contribution in [2.75, 3.05) is 37.7 Å². The van der Waals surface area contributed by atoms with E-state index in [4.69, 9.17) is 0 Å². The number of rotatable bonds is 4. The van der Waals surface area contributed by atoms with Gasteiger partial charge in [0.1, 0.15) is 0 Å². The van der Waals surface area contributed by atoms with Crippen LogP contribution in [0.25, 0.3) is 0 Å². The Morgan fingerprint density at radius 3 is 2.78 bits per heavy atom. The number of nitrogens with one attached hydrogen (secondary N) is 1. The fraction of sp³-hybridized carbons (Fsp3) is 1.00. The van der Waals surface area contributed by atoms with Crippen molar-refractivity contribution in [3.63, 3.8) is 0 Å². The van der Waals surface area contributed by atoms with Gasteiger partial charge < -0.3 is 10.2 Å². The third-order valence-electron chi connectivity index (χ3n) is 4.07. The first-order valence-electron chi connectivity index (χ1n) is 7.03. The lowest BCUT2D eigenvalue weighted by Crippen LogP contribution is -2.44. The first-order chi connectivity index (χ1) is 8.36. The Labute approximate surface area is 111 Å². The third kappa shape index (κ3) is 4.21. The van der Waals surface area contributed by atoms with Gasteiger partial charge in [0.2, 0.25) is 0 Å². The van der Waals surface area contributed by atoms with Gasteiger partial charge in [-0.15, -0.1) is 0 Å².